The highest BCUT2D eigenvalue weighted by Crippen LogP contribution is 2.38. The number of alkyl halides is 6. The van der Waals surface area contributed by atoms with Gasteiger partial charge in [-0.3, -0.25) is 4.79 Å². The molecule has 3 aromatic rings. The molecule has 1 aliphatic rings. The van der Waals surface area contributed by atoms with E-state index in [2.05, 4.69) is 10.3 Å². The summed E-state index contributed by atoms with van der Waals surface area (Å²) in [5, 5.41) is 12.4. The Morgan fingerprint density at radius 2 is 1.74 bits per heavy atom. The van der Waals surface area contributed by atoms with Crippen LogP contribution < -0.4 is 10.1 Å². The largest absolute Gasteiger partial charge is 0.483 e. The van der Waals surface area contributed by atoms with Crippen LogP contribution in [0.15, 0.2) is 42.7 Å². The topological polar surface area (TPSA) is 75.9 Å². The van der Waals surface area contributed by atoms with Gasteiger partial charge in [-0.15, -0.1) is 0 Å². The van der Waals surface area contributed by atoms with Crippen LogP contribution in [0.2, 0.25) is 0 Å². The number of pyridine rings is 1. The number of aliphatic hydroxyl groups is 1. The maximum absolute atomic E-state index is 13.6. The first-order valence-electron chi connectivity index (χ1n) is 10.8. The maximum atomic E-state index is 13.6. The number of aliphatic hydroxyl groups excluding tert-OH is 1. The second kappa shape index (κ2) is 9.40. The predicted molar refractivity (Wildman–Crippen MR) is 113 cm³/mol. The zero-order valence-corrected chi connectivity index (χ0v) is 18.2. The fourth-order valence-electron chi connectivity index (χ4n) is 4.02. The van der Waals surface area contributed by atoms with Crippen molar-refractivity contribution < 1.29 is 41.0 Å². The smallest absolute Gasteiger partial charge is 0.422 e. The summed E-state index contributed by atoms with van der Waals surface area (Å²) in [6.45, 7) is -1.63. The summed E-state index contributed by atoms with van der Waals surface area (Å²) in [6.07, 6.45) is -5.81. The molecule has 4 rings (SSSR count). The van der Waals surface area contributed by atoms with Crippen LogP contribution in [0.3, 0.4) is 0 Å². The average Bonchev–Trinajstić information content (AvgIpc) is 3.22. The molecule has 1 saturated carbocycles. The number of benzene rings is 1. The number of aromatic nitrogens is 2. The molecule has 2 N–H and O–H groups in total. The van der Waals surface area contributed by atoms with E-state index in [9.17, 15) is 36.2 Å². The van der Waals surface area contributed by atoms with Crippen molar-refractivity contribution in [2.45, 2.75) is 50.2 Å². The third kappa shape index (κ3) is 5.87. The van der Waals surface area contributed by atoms with Gasteiger partial charge < -0.3 is 19.6 Å². The number of rotatable bonds is 5. The van der Waals surface area contributed by atoms with E-state index in [1.165, 1.54) is 24.3 Å². The van der Waals surface area contributed by atoms with Crippen molar-refractivity contribution in [1.29, 1.82) is 0 Å². The van der Waals surface area contributed by atoms with Gasteiger partial charge >= 0.3 is 12.4 Å². The summed E-state index contributed by atoms with van der Waals surface area (Å²) in [7, 11) is 0. The molecule has 1 aromatic carbocycles. The molecular weight excluding hydrogens is 480 g/mol. The number of carbonyl (C=O) groups is 1. The average molecular weight is 501 g/mol. The Morgan fingerprint density at radius 3 is 2.40 bits per heavy atom. The third-order valence-corrected chi connectivity index (χ3v) is 5.71. The molecule has 0 bridgehead atoms. The van der Waals surface area contributed by atoms with E-state index < -0.39 is 36.5 Å². The standard InChI is InChI=1S/C23H21F6N3O3/c24-22(25,26)12-35-19-4-2-1-3-16(19)17-9-13(23(27,28)29)10-32-11-18(31-20(17)32)21(34)30-14-5-7-15(33)8-6-14/h1-4,9-11,14-15,33H,5-8,12H2,(H,30,34)/t14-,15-. The second-order valence-corrected chi connectivity index (χ2v) is 8.38. The van der Waals surface area contributed by atoms with Gasteiger partial charge in [0.25, 0.3) is 5.91 Å². The summed E-state index contributed by atoms with van der Waals surface area (Å²) < 4.78 is 84.8. The third-order valence-electron chi connectivity index (χ3n) is 5.71. The number of halogens is 6. The van der Waals surface area contributed by atoms with Gasteiger partial charge in [0.05, 0.1) is 11.7 Å². The van der Waals surface area contributed by atoms with Crippen molar-refractivity contribution in [3.05, 3.63) is 54.0 Å². The first-order valence-corrected chi connectivity index (χ1v) is 10.8. The number of fused-ring (bicyclic) bond motifs is 1. The number of ether oxygens (including phenoxy) is 1. The number of nitrogens with one attached hydrogen (secondary N) is 1. The van der Waals surface area contributed by atoms with Gasteiger partial charge in [0.15, 0.2) is 6.61 Å². The monoisotopic (exact) mass is 501 g/mol. The molecule has 188 valence electrons. The number of carbonyl (C=O) groups excluding carboxylic acids is 1. The Bertz CT molecular complexity index is 1210. The lowest BCUT2D eigenvalue weighted by molar-refractivity contribution is -0.153. The lowest BCUT2D eigenvalue weighted by Crippen LogP contribution is -2.38. The second-order valence-electron chi connectivity index (χ2n) is 8.38. The molecule has 1 aliphatic carbocycles. The van der Waals surface area contributed by atoms with Gasteiger partial charge in [-0.2, -0.15) is 26.3 Å². The molecule has 0 atom stereocenters. The first kappa shape index (κ1) is 24.8. The molecule has 0 radical (unpaired) electrons. The van der Waals surface area contributed by atoms with Crippen LogP contribution in [-0.2, 0) is 6.18 Å². The van der Waals surface area contributed by atoms with Crippen molar-refractivity contribution in [3.8, 4) is 16.9 Å². The zero-order valence-electron chi connectivity index (χ0n) is 18.2. The fraction of sp³-hybridized carbons (Fsp3) is 0.391. The summed E-state index contributed by atoms with van der Waals surface area (Å²) in [5.74, 6) is -0.878. The molecular formula is C23H21F6N3O3. The van der Waals surface area contributed by atoms with E-state index in [4.69, 9.17) is 4.74 Å². The Morgan fingerprint density at radius 1 is 1.06 bits per heavy atom. The summed E-state index contributed by atoms with van der Waals surface area (Å²) in [4.78, 5) is 17.0. The quantitative estimate of drug-likeness (QED) is 0.483. The fourth-order valence-corrected chi connectivity index (χ4v) is 4.02. The molecule has 2 aromatic heterocycles. The molecule has 0 aliphatic heterocycles. The van der Waals surface area contributed by atoms with Gasteiger partial charge in [0.2, 0.25) is 0 Å². The van der Waals surface area contributed by atoms with Gasteiger partial charge in [-0.05, 0) is 37.8 Å². The number of para-hydroxylation sites is 1. The minimum absolute atomic E-state index is 0.0355. The van der Waals surface area contributed by atoms with E-state index in [0.717, 1.165) is 22.9 Å². The molecule has 2 heterocycles. The number of hydrogen-bond donors (Lipinski definition) is 2. The summed E-state index contributed by atoms with van der Waals surface area (Å²) in [6, 6.07) is 5.93. The minimum atomic E-state index is -4.76. The highest BCUT2D eigenvalue weighted by atomic mass is 19.4. The van der Waals surface area contributed by atoms with Crippen molar-refractivity contribution in [1.82, 2.24) is 14.7 Å². The van der Waals surface area contributed by atoms with Crippen LogP contribution >= 0.6 is 0 Å². The predicted octanol–water partition coefficient (Wildman–Crippen LogP) is 4.99. The molecule has 35 heavy (non-hydrogen) atoms. The van der Waals surface area contributed by atoms with Crippen LogP contribution in [0.5, 0.6) is 5.75 Å². The Kier molecular flexibility index (Phi) is 6.67. The number of nitrogens with zero attached hydrogens (tertiary/aromatic N) is 2. The SMILES string of the molecule is O=C(N[C@H]1CC[C@H](O)CC1)c1cn2cc(C(F)(F)F)cc(-c3ccccc3OCC(F)(F)F)c2n1. The van der Waals surface area contributed by atoms with Crippen LogP contribution in [0.25, 0.3) is 16.8 Å². The normalized spacial score (nSPS) is 19.1. The number of hydrogen-bond acceptors (Lipinski definition) is 4. The maximum Gasteiger partial charge on any atom is 0.422 e. The lowest BCUT2D eigenvalue weighted by atomic mass is 9.93. The van der Waals surface area contributed by atoms with Crippen molar-refractivity contribution >= 4 is 11.6 Å². The molecule has 0 unspecified atom stereocenters. The number of amides is 1. The first-order chi connectivity index (χ1) is 16.4. The summed E-state index contributed by atoms with van der Waals surface area (Å²) in [5.41, 5.74) is -1.45. The van der Waals surface area contributed by atoms with Gasteiger partial charge in [0.1, 0.15) is 17.1 Å². The molecule has 1 fully saturated rings. The van der Waals surface area contributed by atoms with Gasteiger partial charge in [0, 0.05) is 29.6 Å². The zero-order chi connectivity index (χ0) is 25.4. The summed E-state index contributed by atoms with van der Waals surface area (Å²) >= 11 is 0. The Hall–Kier alpha value is -3.28. The molecule has 0 saturated heterocycles. The highest BCUT2D eigenvalue weighted by Gasteiger charge is 2.33. The van der Waals surface area contributed by atoms with Crippen molar-refractivity contribution in [2.75, 3.05) is 6.61 Å². The van der Waals surface area contributed by atoms with Gasteiger partial charge in [-0.1, -0.05) is 18.2 Å². The van der Waals surface area contributed by atoms with Crippen LogP contribution in [-0.4, -0.2) is 45.3 Å². The van der Waals surface area contributed by atoms with E-state index in [-0.39, 0.29) is 34.3 Å². The molecule has 1 amide bonds. The van der Waals surface area contributed by atoms with Crippen LogP contribution in [0, 0.1) is 0 Å². The van der Waals surface area contributed by atoms with Crippen molar-refractivity contribution in [2.24, 2.45) is 0 Å². The van der Waals surface area contributed by atoms with Gasteiger partial charge in [-0.25, -0.2) is 4.98 Å². The van der Waals surface area contributed by atoms with Crippen molar-refractivity contribution in [3.63, 3.8) is 0 Å². The molecule has 6 nitrogen and oxygen atoms in total. The van der Waals surface area contributed by atoms with Crippen LogP contribution in [0.1, 0.15) is 41.7 Å². The van der Waals surface area contributed by atoms with E-state index in [1.54, 1.807) is 0 Å². The Balaban J connectivity index is 1.75. The molecule has 12 heteroatoms. The van der Waals surface area contributed by atoms with E-state index >= 15 is 0 Å². The minimum Gasteiger partial charge on any atom is -0.483 e. The lowest BCUT2D eigenvalue weighted by Gasteiger charge is -2.25. The highest BCUT2D eigenvalue weighted by molar-refractivity contribution is 5.94. The van der Waals surface area contributed by atoms with E-state index in [1.807, 2.05) is 0 Å². The van der Waals surface area contributed by atoms with Crippen LogP contribution in [0.4, 0.5) is 26.3 Å². The van der Waals surface area contributed by atoms with E-state index in [0.29, 0.717) is 25.7 Å². The molecule has 0 spiro atoms. The number of imidazole rings is 1. The Labute approximate surface area is 195 Å².